The molecule has 5 rings (SSSR count). The van der Waals surface area contributed by atoms with Crippen LogP contribution in [0, 0.1) is 16.7 Å². The highest BCUT2D eigenvalue weighted by molar-refractivity contribution is 7.99. The van der Waals surface area contributed by atoms with Crippen LogP contribution in [0.4, 0.5) is 11.4 Å². The number of nitriles is 1. The lowest BCUT2D eigenvalue weighted by atomic mass is 10.0. The molecule has 0 fully saturated rings. The minimum atomic E-state index is -0.322. The van der Waals surface area contributed by atoms with Gasteiger partial charge in [0.25, 0.3) is 0 Å². The van der Waals surface area contributed by atoms with Crippen LogP contribution in [-0.4, -0.2) is 12.9 Å². The van der Waals surface area contributed by atoms with Crippen molar-refractivity contribution >= 4 is 29.0 Å². The summed E-state index contributed by atoms with van der Waals surface area (Å²) in [6.45, 7) is 0. The van der Waals surface area contributed by atoms with Crippen LogP contribution in [0.3, 0.4) is 0 Å². The van der Waals surface area contributed by atoms with Crippen LogP contribution in [0.1, 0.15) is 11.7 Å². The van der Waals surface area contributed by atoms with E-state index < -0.39 is 0 Å². The molecule has 3 aromatic carbocycles. The van der Waals surface area contributed by atoms with Gasteiger partial charge in [0.05, 0.1) is 12.8 Å². The lowest BCUT2D eigenvalue weighted by Crippen LogP contribution is -2.49. The van der Waals surface area contributed by atoms with E-state index in [4.69, 9.17) is 10.1 Å². The van der Waals surface area contributed by atoms with Gasteiger partial charge in [-0.15, -0.1) is 0 Å². The molecule has 2 aliphatic heterocycles. The highest BCUT2D eigenvalue weighted by atomic mass is 32.2. The lowest BCUT2D eigenvalue weighted by molar-refractivity contribution is 0.415. The van der Waals surface area contributed by atoms with Crippen LogP contribution in [0.2, 0.25) is 0 Å². The van der Waals surface area contributed by atoms with Gasteiger partial charge >= 0.3 is 0 Å². The van der Waals surface area contributed by atoms with Crippen LogP contribution in [0.5, 0.6) is 5.75 Å². The summed E-state index contributed by atoms with van der Waals surface area (Å²) in [6.07, 6.45) is -0.322. The number of fused-ring (bicyclic) bond motifs is 5. The Morgan fingerprint density at radius 1 is 1.03 bits per heavy atom. The summed E-state index contributed by atoms with van der Waals surface area (Å²) < 4.78 is 5.22. The second kappa shape index (κ2) is 7.74. The molecule has 3 N–H and O–H groups in total. The molecule has 0 aliphatic carbocycles. The molecule has 0 aromatic heterocycles. The van der Waals surface area contributed by atoms with Crippen molar-refractivity contribution in [3.05, 3.63) is 89.8 Å². The average Bonchev–Trinajstić information content (AvgIpc) is 2.94. The number of benzene rings is 3. The molecule has 0 amide bonds. The van der Waals surface area contributed by atoms with E-state index in [2.05, 4.69) is 28.8 Å². The van der Waals surface area contributed by atoms with Crippen LogP contribution >= 0.6 is 11.8 Å². The third kappa shape index (κ3) is 3.27. The van der Waals surface area contributed by atoms with Crippen LogP contribution in [-0.2, 0) is 0 Å². The summed E-state index contributed by atoms with van der Waals surface area (Å²) in [4.78, 5) is 4.06. The molecule has 0 saturated carbocycles. The van der Waals surface area contributed by atoms with Crippen molar-refractivity contribution in [2.45, 2.75) is 16.0 Å². The van der Waals surface area contributed by atoms with E-state index in [1.165, 1.54) is 0 Å². The Hall–Kier alpha value is -3.89. The molecule has 2 aliphatic rings. The predicted molar refractivity (Wildman–Crippen MR) is 122 cm³/mol. The van der Waals surface area contributed by atoms with Gasteiger partial charge in [-0.3, -0.25) is 10.3 Å². The van der Waals surface area contributed by atoms with Crippen molar-refractivity contribution in [3.8, 4) is 11.8 Å². The summed E-state index contributed by atoms with van der Waals surface area (Å²) in [5.41, 5.74) is 3.02. The van der Waals surface area contributed by atoms with E-state index >= 15 is 0 Å². The Bertz CT molecular complexity index is 1250. The van der Waals surface area contributed by atoms with E-state index in [0.29, 0.717) is 5.82 Å². The number of nitrogens with one attached hydrogen (secondary N) is 3. The molecule has 1 unspecified atom stereocenters. The smallest absolute Gasteiger partial charge is 0.149 e. The highest BCUT2D eigenvalue weighted by Crippen LogP contribution is 2.46. The van der Waals surface area contributed by atoms with Crippen molar-refractivity contribution in [1.29, 1.82) is 10.7 Å². The van der Waals surface area contributed by atoms with E-state index in [1.54, 1.807) is 18.9 Å². The number of amidine groups is 1. The second-order valence-corrected chi connectivity index (χ2v) is 8.17. The van der Waals surface area contributed by atoms with Crippen molar-refractivity contribution < 1.29 is 4.74 Å². The molecule has 3 aromatic rings. The number of ether oxygens (including phenoxy) is 1. The monoisotopic (exact) mass is 425 g/mol. The van der Waals surface area contributed by atoms with Gasteiger partial charge in [0, 0.05) is 21.0 Å². The standard InChI is InChI=1S/C24H19N5OS/c1-30-16-12-10-15(11-13-16)27-23-18(14-25)22(26)29-19-7-3-5-9-21(19)31-20-8-4-2-6-17(20)24(29)28-23/h2-13,24,26-28H,1H3. The van der Waals surface area contributed by atoms with Gasteiger partial charge in [0.15, 0.2) is 0 Å². The number of para-hydroxylation sites is 1. The Morgan fingerprint density at radius 2 is 1.74 bits per heavy atom. The van der Waals surface area contributed by atoms with Gasteiger partial charge in [-0.2, -0.15) is 5.26 Å². The summed E-state index contributed by atoms with van der Waals surface area (Å²) in [7, 11) is 1.62. The summed E-state index contributed by atoms with van der Waals surface area (Å²) >= 11 is 1.68. The Labute approximate surface area is 184 Å². The molecule has 7 heteroatoms. The highest BCUT2D eigenvalue weighted by Gasteiger charge is 2.37. The van der Waals surface area contributed by atoms with Gasteiger partial charge in [0.1, 0.15) is 35.2 Å². The number of rotatable bonds is 3. The largest absolute Gasteiger partial charge is 0.497 e. The van der Waals surface area contributed by atoms with Gasteiger partial charge in [-0.05, 0) is 42.5 Å². The summed E-state index contributed by atoms with van der Waals surface area (Å²) in [6, 6.07) is 25.8. The first-order chi connectivity index (χ1) is 15.2. The average molecular weight is 426 g/mol. The molecular formula is C24H19N5OS. The Morgan fingerprint density at radius 3 is 2.48 bits per heavy atom. The van der Waals surface area contributed by atoms with Crippen LogP contribution < -0.4 is 20.3 Å². The summed E-state index contributed by atoms with van der Waals surface area (Å²) in [5.74, 6) is 1.42. The summed E-state index contributed by atoms with van der Waals surface area (Å²) in [5, 5.41) is 25.6. The first kappa shape index (κ1) is 19.1. The fourth-order valence-corrected chi connectivity index (χ4v) is 4.90. The second-order valence-electron chi connectivity index (χ2n) is 7.09. The number of anilines is 2. The molecule has 152 valence electrons. The maximum atomic E-state index is 9.92. The van der Waals surface area contributed by atoms with Gasteiger partial charge in [0.2, 0.25) is 0 Å². The molecule has 2 heterocycles. The van der Waals surface area contributed by atoms with Gasteiger partial charge < -0.3 is 15.4 Å². The Kier molecular flexibility index (Phi) is 4.77. The maximum Gasteiger partial charge on any atom is 0.149 e. The first-order valence-corrected chi connectivity index (χ1v) is 10.6. The Balaban J connectivity index is 1.62. The van der Waals surface area contributed by atoms with Crippen molar-refractivity contribution in [2.24, 2.45) is 0 Å². The van der Waals surface area contributed by atoms with E-state index in [-0.39, 0.29) is 17.6 Å². The molecule has 0 spiro atoms. The van der Waals surface area contributed by atoms with Crippen molar-refractivity contribution in [3.63, 3.8) is 0 Å². The third-order valence-electron chi connectivity index (χ3n) is 5.30. The number of hydrogen-bond acceptors (Lipinski definition) is 6. The zero-order chi connectivity index (χ0) is 21.4. The molecule has 1 atom stereocenters. The minimum absolute atomic E-state index is 0.159. The normalized spacial score (nSPS) is 16.8. The van der Waals surface area contributed by atoms with Crippen molar-refractivity contribution in [2.75, 3.05) is 17.3 Å². The lowest BCUT2D eigenvalue weighted by Gasteiger charge is -2.39. The third-order valence-corrected chi connectivity index (χ3v) is 6.45. The SMILES string of the molecule is COc1ccc(NC2=C(C#N)C(=N)N3c4ccccc4Sc4ccccc4C3N2)cc1. The number of nitrogens with zero attached hydrogens (tertiary/aromatic N) is 2. The van der Waals surface area contributed by atoms with E-state index in [0.717, 1.165) is 32.5 Å². The number of hydrogen-bond donors (Lipinski definition) is 3. The van der Waals surface area contributed by atoms with Crippen LogP contribution in [0.25, 0.3) is 0 Å². The van der Waals surface area contributed by atoms with Gasteiger partial charge in [-0.25, -0.2) is 0 Å². The molecular weight excluding hydrogens is 406 g/mol. The fourth-order valence-electron chi connectivity index (χ4n) is 3.80. The molecule has 0 bridgehead atoms. The first-order valence-electron chi connectivity index (χ1n) is 9.75. The fraction of sp³-hybridized carbons (Fsp3) is 0.0833. The predicted octanol–water partition coefficient (Wildman–Crippen LogP) is 5.09. The molecule has 0 saturated heterocycles. The molecule has 0 radical (unpaired) electrons. The quantitative estimate of drug-likeness (QED) is 0.542. The topological polar surface area (TPSA) is 84.2 Å². The zero-order valence-electron chi connectivity index (χ0n) is 16.7. The molecule has 6 nitrogen and oxygen atoms in total. The van der Waals surface area contributed by atoms with E-state index in [9.17, 15) is 5.26 Å². The minimum Gasteiger partial charge on any atom is -0.497 e. The number of methoxy groups -OCH3 is 1. The van der Waals surface area contributed by atoms with Gasteiger partial charge in [-0.1, -0.05) is 42.1 Å². The molecule has 31 heavy (non-hydrogen) atoms. The zero-order valence-corrected chi connectivity index (χ0v) is 17.5. The van der Waals surface area contributed by atoms with E-state index in [1.807, 2.05) is 65.6 Å². The maximum absolute atomic E-state index is 9.92. The van der Waals surface area contributed by atoms with Crippen LogP contribution in [0.15, 0.2) is 94.0 Å². The van der Waals surface area contributed by atoms with Crippen molar-refractivity contribution in [1.82, 2.24) is 5.32 Å².